The molecule has 0 saturated carbocycles. The number of ether oxygens (including phenoxy) is 4. The number of rotatable bonds is 6. The van der Waals surface area contributed by atoms with Crippen LogP contribution in [0.4, 0.5) is 37.7 Å². The Hall–Kier alpha value is -5.94. The smallest absolute Gasteiger partial charge is 0.416 e. The number of aliphatic hydroxyl groups is 1. The highest BCUT2D eigenvalue weighted by Crippen LogP contribution is 2.59. The number of benzene rings is 4. The maximum Gasteiger partial charge on any atom is 0.416 e. The zero-order valence-electron chi connectivity index (χ0n) is 25.3. The van der Waals surface area contributed by atoms with E-state index in [-0.39, 0.29) is 17.3 Å². The monoisotopic (exact) mass is 714 g/mol. The molecule has 2 aliphatic heterocycles. The minimum Gasteiger partial charge on any atom is -0.475 e. The molecule has 17 heteroatoms. The standard InChI is InChI=1S/C34H20F6N2O9/c35-33(36,37)17-5-11-27(25(13-17)41(44)45)48-19-7-9-23-29(15-19)50-30-16-20(49-28-12-6-18(34(38,39)40)14-26(28)42(46)47)8-10-24(30)32(23)22-4-2-1-3-21(22)31(43)51-32/h1-16,19,23,31,43H. The normalized spacial score (nSPS) is 21.9. The van der Waals surface area contributed by atoms with Gasteiger partial charge in [0.25, 0.3) is 0 Å². The largest absolute Gasteiger partial charge is 0.475 e. The Kier molecular flexibility index (Phi) is 7.79. The fourth-order valence-corrected chi connectivity index (χ4v) is 6.33. The maximum atomic E-state index is 13.3. The highest BCUT2D eigenvalue weighted by Gasteiger charge is 2.56. The van der Waals surface area contributed by atoms with E-state index in [0.29, 0.717) is 41.0 Å². The molecule has 0 saturated heterocycles. The fraction of sp³-hybridized carbons (Fsp3) is 0.176. The molecule has 4 atom stereocenters. The molecule has 0 amide bonds. The quantitative estimate of drug-likeness (QED) is 0.0900. The van der Waals surface area contributed by atoms with E-state index in [1.165, 1.54) is 30.4 Å². The molecule has 1 aliphatic carbocycles. The van der Waals surface area contributed by atoms with E-state index >= 15 is 0 Å². The van der Waals surface area contributed by atoms with Crippen molar-refractivity contribution >= 4 is 11.4 Å². The molecule has 4 aromatic carbocycles. The van der Waals surface area contributed by atoms with Gasteiger partial charge in [-0.1, -0.05) is 30.3 Å². The molecule has 0 bridgehead atoms. The summed E-state index contributed by atoms with van der Waals surface area (Å²) in [7, 11) is 0. The summed E-state index contributed by atoms with van der Waals surface area (Å²) in [5.41, 5.74) is -4.52. The summed E-state index contributed by atoms with van der Waals surface area (Å²) < 4.78 is 103. The Labute approximate surface area is 281 Å². The molecule has 11 nitrogen and oxygen atoms in total. The van der Waals surface area contributed by atoms with Gasteiger partial charge in [-0.15, -0.1) is 0 Å². The van der Waals surface area contributed by atoms with Gasteiger partial charge >= 0.3 is 23.7 Å². The first kappa shape index (κ1) is 33.6. The van der Waals surface area contributed by atoms with E-state index in [4.69, 9.17) is 18.9 Å². The van der Waals surface area contributed by atoms with Crippen molar-refractivity contribution in [3.05, 3.63) is 151 Å². The SMILES string of the molecule is O=[N+]([O-])c1cc(C(F)(F)F)ccc1Oc1ccc2c(c1)OC1=CC(Oc3ccc(C(F)(F)F)cc3[N+](=O)[O-])C=CC1C21OC(O)c2ccccc21. The predicted octanol–water partition coefficient (Wildman–Crippen LogP) is 8.51. The zero-order chi connectivity index (χ0) is 36.5. The average Bonchev–Trinajstić information content (AvgIpc) is 3.36. The van der Waals surface area contributed by atoms with Gasteiger partial charge in [-0.05, 0) is 54.1 Å². The summed E-state index contributed by atoms with van der Waals surface area (Å²) in [6, 6.07) is 14.6. The summed E-state index contributed by atoms with van der Waals surface area (Å²) in [6.07, 6.45) is -7.72. The van der Waals surface area contributed by atoms with Crippen molar-refractivity contribution in [1.82, 2.24) is 0 Å². The molecule has 0 radical (unpaired) electrons. The molecule has 2 heterocycles. The van der Waals surface area contributed by atoms with Crippen LogP contribution < -0.4 is 14.2 Å². The van der Waals surface area contributed by atoms with Gasteiger partial charge in [-0.3, -0.25) is 20.2 Å². The Balaban J connectivity index is 1.29. The van der Waals surface area contributed by atoms with Crippen molar-refractivity contribution in [3.8, 4) is 23.0 Å². The lowest BCUT2D eigenvalue weighted by Crippen LogP contribution is -2.43. The van der Waals surface area contributed by atoms with Crippen LogP contribution in [0.2, 0.25) is 0 Å². The number of hydrogen-bond acceptors (Lipinski definition) is 9. The van der Waals surface area contributed by atoms with E-state index in [9.17, 15) is 51.7 Å². The summed E-state index contributed by atoms with van der Waals surface area (Å²) in [5, 5.41) is 34.3. The first-order chi connectivity index (χ1) is 24.1. The highest BCUT2D eigenvalue weighted by atomic mass is 19.4. The molecule has 0 fully saturated rings. The van der Waals surface area contributed by atoms with E-state index < -0.39 is 80.1 Å². The van der Waals surface area contributed by atoms with Crippen LogP contribution in [0, 0.1) is 26.1 Å². The molecule has 4 unspecified atom stereocenters. The molecule has 4 aromatic rings. The first-order valence-electron chi connectivity index (χ1n) is 14.8. The fourth-order valence-electron chi connectivity index (χ4n) is 6.33. The van der Waals surface area contributed by atoms with Gasteiger partial charge in [0.05, 0.1) is 26.9 Å². The highest BCUT2D eigenvalue weighted by molar-refractivity contribution is 5.60. The number of aliphatic hydroxyl groups excluding tert-OH is 1. The second-order valence-electron chi connectivity index (χ2n) is 11.5. The van der Waals surface area contributed by atoms with Crippen LogP contribution in [0.5, 0.6) is 23.0 Å². The number of nitro benzene ring substituents is 2. The van der Waals surface area contributed by atoms with E-state index in [1.54, 1.807) is 30.3 Å². The van der Waals surface area contributed by atoms with Crippen LogP contribution in [-0.2, 0) is 22.7 Å². The van der Waals surface area contributed by atoms with Crippen molar-refractivity contribution in [2.45, 2.75) is 30.3 Å². The summed E-state index contributed by atoms with van der Waals surface area (Å²) >= 11 is 0. The number of hydrogen-bond donors (Lipinski definition) is 1. The Morgan fingerprint density at radius 3 is 2.04 bits per heavy atom. The van der Waals surface area contributed by atoms with Crippen molar-refractivity contribution in [2.24, 2.45) is 5.92 Å². The third kappa shape index (κ3) is 5.79. The van der Waals surface area contributed by atoms with Crippen LogP contribution in [0.3, 0.4) is 0 Å². The van der Waals surface area contributed by atoms with Crippen molar-refractivity contribution in [1.29, 1.82) is 0 Å². The molecule has 1 spiro atoms. The van der Waals surface area contributed by atoms with Crippen LogP contribution in [0.25, 0.3) is 0 Å². The number of nitro groups is 2. The molecular weight excluding hydrogens is 694 g/mol. The van der Waals surface area contributed by atoms with Crippen molar-refractivity contribution in [2.75, 3.05) is 0 Å². The van der Waals surface area contributed by atoms with E-state index in [1.807, 2.05) is 0 Å². The van der Waals surface area contributed by atoms with Crippen LogP contribution in [0.15, 0.2) is 103 Å². The number of fused-ring (bicyclic) bond motifs is 6. The van der Waals surface area contributed by atoms with Crippen LogP contribution >= 0.6 is 0 Å². The number of alkyl halides is 6. The summed E-state index contributed by atoms with van der Waals surface area (Å²) in [6.45, 7) is 0. The predicted molar refractivity (Wildman–Crippen MR) is 162 cm³/mol. The second-order valence-corrected chi connectivity index (χ2v) is 11.5. The van der Waals surface area contributed by atoms with Gasteiger partial charge < -0.3 is 24.1 Å². The molecule has 7 rings (SSSR count). The van der Waals surface area contributed by atoms with Crippen LogP contribution in [-0.4, -0.2) is 21.1 Å². The van der Waals surface area contributed by atoms with Gasteiger partial charge in [0.15, 0.2) is 12.0 Å². The zero-order valence-corrected chi connectivity index (χ0v) is 25.3. The number of halogens is 6. The Morgan fingerprint density at radius 2 is 1.39 bits per heavy atom. The van der Waals surface area contributed by atoms with E-state index in [0.717, 1.165) is 12.1 Å². The lowest BCUT2D eigenvalue weighted by Gasteiger charge is -2.43. The molecule has 0 aromatic heterocycles. The summed E-state index contributed by atoms with van der Waals surface area (Å²) in [4.78, 5) is 21.3. The average molecular weight is 715 g/mol. The van der Waals surface area contributed by atoms with Gasteiger partial charge in [0.2, 0.25) is 5.75 Å². The van der Waals surface area contributed by atoms with Gasteiger partial charge in [0, 0.05) is 29.3 Å². The lowest BCUT2D eigenvalue weighted by molar-refractivity contribution is -0.386. The second kappa shape index (κ2) is 11.8. The van der Waals surface area contributed by atoms with Gasteiger partial charge in [0.1, 0.15) is 29.0 Å². The first-order valence-corrected chi connectivity index (χ1v) is 14.8. The third-order valence-electron chi connectivity index (χ3n) is 8.53. The molecule has 262 valence electrons. The van der Waals surface area contributed by atoms with Gasteiger partial charge in [-0.25, -0.2) is 0 Å². The van der Waals surface area contributed by atoms with Crippen molar-refractivity contribution < 1.29 is 60.2 Å². The molecule has 1 N–H and O–H groups in total. The van der Waals surface area contributed by atoms with Crippen LogP contribution in [0.1, 0.15) is 34.1 Å². The lowest BCUT2D eigenvalue weighted by atomic mass is 9.71. The maximum absolute atomic E-state index is 13.3. The molecule has 51 heavy (non-hydrogen) atoms. The van der Waals surface area contributed by atoms with E-state index in [2.05, 4.69) is 0 Å². The topological polar surface area (TPSA) is 143 Å². The third-order valence-corrected chi connectivity index (χ3v) is 8.53. The Morgan fingerprint density at radius 1 is 0.765 bits per heavy atom. The minimum absolute atomic E-state index is 0.0445. The van der Waals surface area contributed by atoms with Gasteiger partial charge in [-0.2, -0.15) is 26.3 Å². The minimum atomic E-state index is -4.85. The van der Waals surface area contributed by atoms with Crippen molar-refractivity contribution in [3.63, 3.8) is 0 Å². The number of nitrogens with zero attached hydrogens (tertiary/aromatic N) is 2. The Bertz CT molecular complexity index is 2170. The summed E-state index contributed by atoms with van der Waals surface area (Å²) in [5.74, 6) is -1.67. The molecule has 3 aliphatic rings. The molecular formula is C34H20F6N2O9.